The molecular weight excluding hydrogens is 447 g/mol. The Labute approximate surface area is 193 Å². The second-order valence-corrected chi connectivity index (χ2v) is 7.73. The van der Waals surface area contributed by atoms with Gasteiger partial charge in [-0.1, -0.05) is 6.07 Å². The number of alkyl halides is 1. The van der Waals surface area contributed by atoms with E-state index in [2.05, 4.69) is 20.6 Å². The Morgan fingerprint density at radius 2 is 1.94 bits per heavy atom. The fourth-order valence-corrected chi connectivity index (χ4v) is 3.63. The van der Waals surface area contributed by atoms with Crippen LogP contribution < -0.4 is 5.32 Å². The van der Waals surface area contributed by atoms with Gasteiger partial charge < -0.3 is 10.4 Å². The Hall–Kier alpha value is -3.92. The maximum absolute atomic E-state index is 14.8. The summed E-state index contributed by atoms with van der Waals surface area (Å²) in [5, 5.41) is 22.8. The van der Waals surface area contributed by atoms with E-state index in [0.29, 0.717) is 11.3 Å². The van der Waals surface area contributed by atoms with Gasteiger partial charge in [-0.3, -0.25) is 14.6 Å². The first kappa shape index (κ1) is 23.2. The number of aromatic nitrogens is 4. The van der Waals surface area contributed by atoms with E-state index in [1.165, 1.54) is 35.0 Å². The second kappa shape index (κ2) is 10.3. The number of carbonyl (C=O) groups is 1. The number of hydrogen-bond donors (Lipinski definition) is 3. The summed E-state index contributed by atoms with van der Waals surface area (Å²) in [5.41, 5.74) is 1.36. The third-order valence-electron chi connectivity index (χ3n) is 5.44. The van der Waals surface area contributed by atoms with Crippen molar-refractivity contribution in [1.29, 1.82) is 0 Å². The molecule has 0 saturated carbocycles. The molecule has 4 rings (SSSR count). The van der Waals surface area contributed by atoms with Crippen molar-refractivity contribution >= 4 is 5.91 Å². The minimum absolute atomic E-state index is 0.00319. The monoisotopic (exact) mass is 469 g/mol. The zero-order valence-corrected chi connectivity index (χ0v) is 18.0. The molecule has 2 heterocycles. The van der Waals surface area contributed by atoms with Crippen molar-refractivity contribution in [3.63, 3.8) is 0 Å². The van der Waals surface area contributed by atoms with E-state index < -0.39 is 36.2 Å². The van der Waals surface area contributed by atoms with E-state index in [4.69, 9.17) is 0 Å². The molecule has 0 spiro atoms. The summed E-state index contributed by atoms with van der Waals surface area (Å²) in [6.45, 7) is -0.653. The van der Waals surface area contributed by atoms with Crippen molar-refractivity contribution in [2.45, 2.75) is 12.7 Å². The second-order valence-electron chi connectivity index (χ2n) is 7.73. The minimum atomic E-state index is -1.58. The van der Waals surface area contributed by atoms with Gasteiger partial charge in [-0.2, -0.15) is 10.2 Å². The first-order valence-electron chi connectivity index (χ1n) is 10.6. The molecule has 176 valence electrons. The van der Waals surface area contributed by atoms with E-state index in [9.17, 15) is 23.1 Å². The molecule has 34 heavy (non-hydrogen) atoms. The van der Waals surface area contributed by atoms with E-state index >= 15 is 0 Å². The molecule has 0 aliphatic carbocycles. The number of halogens is 3. The molecule has 3 N–H and O–H groups in total. The smallest absolute Gasteiger partial charge is 0.252 e. The third kappa shape index (κ3) is 5.18. The van der Waals surface area contributed by atoms with Gasteiger partial charge in [0.15, 0.2) is 0 Å². The largest absolute Gasteiger partial charge is 0.393 e. The minimum Gasteiger partial charge on any atom is -0.393 e. The Morgan fingerprint density at radius 1 is 1.15 bits per heavy atom. The Morgan fingerprint density at radius 3 is 2.65 bits per heavy atom. The van der Waals surface area contributed by atoms with Crippen LogP contribution in [0, 0.1) is 17.6 Å². The number of amides is 1. The normalized spacial score (nSPS) is 12.9. The predicted octanol–water partition coefficient (Wildman–Crippen LogP) is 3.60. The topological polar surface area (TPSA) is 95.8 Å². The Bertz CT molecular complexity index is 1240. The molecule has 2 aromatic carbocycles. The van der Waals surface area contributed by atoms with Gasteiger partial charge >= 0.3 is 0 Å². The van der Waals surface area contributed by atoms with E-state index in [1.54, 1.807) is 36.7 Å². The van der Waals surface area contributed by atoms with Gasteiger partial charge in [0.1, 0.15) is 17.8 Å². The lowest BCUT2D eigenvalue weighted by Gasteiger charge is -2.20. The van der Waals surface area contributed by atoms with Crippen LogP contribution in [0.5, 0.6) is 0 Å². The summed E-state index contributed by atoms with van der Waals surface area (Å²) in [6, 6.07) is 13.0. The molecule has 1 unspecified atom stereocenters. The van der Waals surface area contributed by atoms with Gasteiger partial charge in [0.25, 0.3) is 5.91 Å². The van der Waals surface area contributed by atoms with Crippen molar-refractivity contribution in [2.75, 3.05) is 13.2 Å². The maximum Gasteiger partial charge on any atom is 0.252 e. The van der Waals surface area contributed by atoms with Crippen LogP contribution in [0.4, 0.5) is 13.2 Å². The molecule has 0 saturated heterocycles. The van der Waals surface area contributed by atoms with E-state index in [0.717, 1.165) is 0 Å². The first-order valence-corrected chi connectivity index (χ1v) is 10.6. The van der Waals surface area contributed by atoms with Crippen LogP contribution in [0.2, 0.25) is 0 Å². The summed E-state index contributed by atoms with van der Waals surface area (Å²) in [4.78, 5) is 13.0. The number of aliphatic hydroxyl groups excluding tert-OH is 1. The van der Waals surface area contributed by atoms with Crippen molar-refractivity contribution in [1.82, 2.24) is 25.3 Å². The molecule has 0 bridgehead atoms. The van der Waals surface area contributed by atoms with Gasteiger partial charge in [-0.05, 0) is 48.5 Å². The summed E-state index contributed by atoms with van der Waals surface area (Å²) in [6.07, 6.45) is 1.62. The van der Waals surface area contributed by atoms with Gasteiger partial charge in [0, 0.05) is 42.5 Å². The standard InChI is InChI=1S/C24H22F3N5O2/c25-17-7-5-15(6-8-17)21-11-22(31-30-21)23-18(3-1-4-19(23)26)24(34)28-12-16(20(27)14-33)13-32-10-2-9-29-32/h1-11,16,20,33H,12-14H2,(H,28,34)(H,30,31)/t16?,20-/m1/s1. The van der Waals surface area contributed by atoms with Crippen LogP contribution >= 0.6 is 0 Å². The van der Waals surface area contributed by atoms with Gasteiger partial charge in [-0.15, -0.1) is 0 Å². The van der Waals surface area contributed by atoms with Gasteiger partial charge in [0.05, 0.1) is 23.6 Å². The van der Waals surface area contributed by atoms with E-state index in [1.807, 2.05) is 0 Å². The SMILES string of the molecule is O=C(NCC(Cn1cccn1)[C@H](F)CO)c1cccc(F)c1-c1cc(-c2ccc(F)cc2)n[nH]1. The highest BCUT2D eigenvalue weighted by Gasteiger charge is 2.24. The van der Waals surface area contributed by atoms with Crippen molar-refractivity contribution in [3.8, 4) is 22.5 Å². The molecule has 0 aliphatic heterocycles. The maximum atomic E-state index is 14.8. The zero-order chi connectivity index (χ0) is 24.1. The van der Waals surface area contributed by atoms with Crippen molar-refractivity contribution in [2.24, 2.45) is 5.92 Å². The van der Waals surface area contributed by atoms with E-state index in [-0.39, 0.29) is 29.9 Å². The lowest BCUT2D eigenvalue weighted by molar-refractivity contribution is 0.0888. The van der Waals surface area contributed by atoms with Crippen LogP contribution in [0.3, 0.4) is 0 Å². The number of benzene rings is 2. The zero-order valence-electron chi connectivity index (χ0n) is 18.0. The Balaban J connectivity index is 1.55. The van der Waals surface area contributed by atoms with Crippen LogP contribution in [0.1, 0.15) is 10.4 Å². The van der Waals surface area contributed by atoms with Crippen LogP contribution in [-0.2, 0) is 6.54 Å². The predicted molar refractivity (Wildman–Crippen MR) is 119 cm³/mol. The lowest BCUT2D eigenvalue weighted by atomic mass is 10.0. The quantitative estimate of drug-likeness (QED) is 0.349. The highest BCUT2D eigenvalue weighted by Crippen LogP contribution is 2.29. The van der Waals surface area contributed by atoms with Gasteiger partial charge in [0.2, 0.25) is 0 Å². The molecule has 4 aromatic rings. The molecule has 2 aromatic heterocycles. The summed E-state index contributed by atoms with van der Waals surface area (Å²) in [5.74, 6) is -2.39. The summed E-state index contributed by atoms with van der Waals surface area (Å²) < 4.78 is 43.8. The number of rotatable bonds is 9. The molecule has 2 atom stereocenters. The fraction of sp³-hybridized carbons (Fsp3) is 0.208. The molecule has 0 radical (unpaired) electrons. The number of hydrogen-bond acceptors (Lipinski definition) is 4. The number of H-pyrrole nitrogens is 1. The number of carbonyl (C=O) groups excluding carboxylic acids is 1. The lowest BCUT2D eigenvalue weighted by Crippen LogP contribution is -2.37. The van der Waals surface area contributed by atoms with Crippen molar-refractivity contribution in [3.05, 3.63) is 84.2 Å². The average Bonchev–Trinajstić information content (AvgIpc) is 3.54. The molecule has 0 fully saturated rings. The number of aliphatic hydroxyl groups is 1. The van der Waals surface area contributed by atoms with Crippen LogP contribution in [-0.4, -0.2) is 50.3 Å². The summed E-state index contributed by atoms with van der Waals surface area (Å²) >= 11 is 0. The van der Waals surface area contributed by atoms with Crippen LogP contribution in [0.15, 0.2) is 67.0 Å². The number of nitrogens with one attached hydrogen (secondary N) is 2. The van der Waals surface area contributed by atoms with Crippen LogP contribution in [0.25, 0.3) is 22.5 Å². The highest BCUT2D eigenvalue weighted by atomic mass is 19.1. The number of aromatic amines is 1. The molecular formula is C24H22F3N5O2. The number of nitrogens with zero attached hydrogens (tertiary/aromatic N) is 3. The van der Waals surface area contributed by atoms with Crippen molar-refractivity contribution < 1.29 is 23.1 Å². The highest BCUT2D eigenvalue weighted by molar-refractivity contribution is 6.00. The first-order chi connectivity index (χ1) is 16.5. The molecule has 7 nitrogen and oxygen atoms in total. The average molecular weight is 469 g/mol. The Kier molecular flexibility index (Phi) is 7.07. The van der Waals surface area contributed by atoms with Gasteiger partial charge in [-0.25, -0.2) is 13.2 Å². The molecule has 10 heteroatoms. The fourth-order valence-electron chi connectivity index (χ4n) is 3.63. The molecule has 0 aliphatic rings. The third-order valence-corrected chi connectivity index (χ3v) is 5.44. The molecule has 1 amide bonds. The summed E-state index contributed by atoms with van der Waals surface area (Å²) in [7, 11) is 0.